The van der Waals surface area contributed by atoms with Gasteiger partial charge in [-0.1, -0.05) is 17.7 Å². The number of hydrogen-bond acceptors (Lipinski definition) is 4. The van der Waals surface area contributed by atoms with Crippen LogP contribution >= 0.6 is 22.9 Å². The molecule has 1 aromatic carbocycles. The molecule has 0 bridgehead atoms. The van der Waals surface area contributed by atoms with Crippen LogP contribution in [0.4, 0.5) is 5.69 Å². The van der Waals surface area contributed by atoms with E-state index in [1.807, 2.05) is 23.6 Å². The van der Waals surface area contributed by atoms with Crippen molar-refractivity contribution in [1.29, 1.82) is 0 Å². The van der Waals surface area contributed by atoms with E-state index in [0.717, 1.165) is 15.6 Å². The molecule has 0 spiro atoms. The summed E-state index contributed by atoms with van der Waals surface area (Å²) < 4.78 is 4.68. The van der Waals surface area contributed by atoms with Crippen molar-refractivity contribution in [3.8, 4) is 0 Å². The highest BCUT2D eigenvalue weighted by molar-refractivity contribution is 7.10. The van der Waals surface area contributed by atoms with Gasteiger partial charge in [0, 0.05) is 22.5 Å². The van der Waals surface area contributed by atoms with Gasteiger partial charge in [0.15, 0.2) is 0 Å². The molecule has 18 heavy (non-hydrogen) atoms. The van der Waals surface area contributed by atoms with E-state index in [0.29, 0.717) is 12.1 Å². The fraction of sp³-hybridized carbons (Fsp3) is 0.154. The van der Waals surface area contributed by atoms with Crippen molar-refractivity contribution in [2.45, 2.75) is 6.54 Å². The van der Waals surface area contributed by atoms with Gasteiger partial charge < -0.3 is 10.1 Å². The Kier molecular flexibility index (Phi) is 4.23. The number of ether oxygens (including phenoxy) is 1. The first-order valence-electron chi connectivity index (χ1n) is 5.34. The monoisotopic (exact) mass is 281 g/mol. The number of anilines is 1. The Morgan fingerprint density at radius 3 is 2.94 bits per heavy atom. The Balaban J connectivity index is 2.03. The van der Waals surface area contributed by atoms with Crippen molar-refractivity contribution < 1.29 is 9.53 Å². The molecule has 2 rings (SSSR count). The number of halogens is 1. The van der Waals surface area contributed by atoms with Crippen molar-refractivity contribution in [2.24, 2.45) is 0 Å². The summed E-state index contributed by atoms with van der Waals surface area (Å²) >= 11 is 7.45. The molecule has 0 atom stereocenters. The molecule has 0 amide bonds. The second-order valence-electron chi connectivity index (χ2n) is 3.66. The predicted molar refractivity (Wildman–Crippen MR) is 74.4 cm³/mol. The third-order valence-electron chi connectivity index (χ3n) is 2.37. The molecule has 0 aliphatic carbocycles. The van der Waals surface area contributed by atoms with Gasteiger partial charge in [0.05, 0.1) is 17.7 Å². The lowest BCUT2D eigenvalue weighted by molar-refractivity contribution is 0.0601. The number of rotatable bonds is 4. The number of carbonyl (C=O) groups is 1. The van der Waals surface area contributed by atoms with Crippen LogP contribution < -0.4 is 5.32 Å². The summed E-state index contributed by atoms with van der Waals surface area (Å²) in [5.74, 6) is -0.335. The number of carbonyl (C=O) groups excluding carboxylic acids is 1. The number of hydrogen-bond donors (Lipinski definition) is 1. The number of thiophene rings is 1. The van der Waals surface area contributed by atoms with Crippen LogP contribution in [0.15, 0.2) is 35.7 Å². The first-order chi connectivity index (χ1) is 8.69. The van der Waals surface area contributed by atoms with E-state index in [9.17, 15) is 4.79 Å². The van der Waals surface area contributed by atoms with E-state index in [1.54, 1.807) is 23.5 Å². The Labute approximate surface area is 114 Å². The molecule has 0 radical (unpaired) electrons. The third-order valence-corrected chi connectivity index (χ3v) is 3.66. The van der Waals surface area contributed by atoms with Crippen molar-refractivity contribution in [1.82, 2.24) is 0 Å². The zero-order chi connectivity index (χ0) is 13.0. The SMILES string of the molecule is COC(=O)c1cccc(NCc2cc(Cl)cs2)c1. The van der Waals surface area contributed by atoms with Crippen LogP contribution in [0.1, 0.15) is 15.2 Å². The second kappa shape index (κ2) is 5.89. The molecule has 0 aliphatic heterocycles. The van der Waals surface area contributed by atoms with Crippen molar-refractivity contribution >= 4 is 34.6 Å². The molecule has 0 fully saturated rings. The molecule has 5 heteroatoms. The quantitative estimate of drug-likeness (QED) is 0.866. The number of benzene rings is 1. The largest absolute Gasteiger partial charge is 0.465 e. The normalized spacial score (nSPS) is 10.1. The molecular weight excluding hydrogens is 270 g/mol. The van der Waals surface area contributed by atoms with Gasteiger partial charge in [-0.15, -0.1) is 11.3 Å². The number of esters is 1. The van der Waals surface area contributed by atoms with Crippen LogP contribution in [0, 0.1) is 0 Å². The first-order valence-corrected chi connectivity index (χ1v) is 6.60. The fourth-order valence-corrected chi connectivity index (χ4v) is 2.52. The maximum atomic E-state index is 11.4. The predicted octanol–water partition coefficient (Wildman–Crippen LogP) is 3.80. The molecule has 1 heterocycles. The molecule has 94 valence electrons. The minimum Gasteiger partial charge on any atom is -0.465 e. The lowest BCUT2D eigenvalue weighted by Gasteiger charge is -2.06. The molecule has 1 aromatic heterocycles. The van der Waals surface area contributed by atoms with Gasteiger partial charge in [0.25, 0.3) is 0 Å². The molecule has 0 saturated heterocycles. The van der Waals surface area contributed by atoms with E-state index in [4.69, 9.17) is 11.6 Å². The second-order valence-corrected chi connectivity index (χ2v) is 5.09. The topological polar surface area (TPSA) is 38.3 Å². The summed E-state index contributed by atoms with van der Waals surface area (Å²) in [7, 11) is 1.37. The van der Waals surface area contributed by atoms with Crippen LogP contribution in [0.3, 0.4) is 0 Å². The molecule has 2 aromatic rings. The fourth-order valence-electron chi connectivity index (χ4n) is 1.51. The lowest BCUT2D eigenvalue weighted by Crippen LogP contribution is -2.03. The van der Waals surface area contributed by atoms with Gasteiger partial charge in [-0.3, -0.25) is 0 Å². The van der Waals surface area contributed by atoms with E-state index in [-0.39, 0.29) is 5.97 Å². The highest BCUT2D eigenvalue weighted by atomic mass is 35.5. The zero-order valence-electron chi connectivity index (χ0n) is 9.77. The van der Waals surface area contributed by atoms with Crippen LogP contribution in [0.2, 0.25) is 5.02 Å². The summed E-state index contributed by atoms with van der Waals surface area (Å²) in [5.41, 5.74) is 1.41. The van der Waals surface area contributed by atoms with Crippen molar-refractivity contribution in [3.05, 3.63) is 51.2 Å². The van der Waals surface area contributed by atoms with Crippen LogP contribution in [-0.2, 0) is 11.3 Å². The maximum Gasteiger partial charge on any atom is 0.337 e. The Hall–Kier alpha value is -1.52. The van der Waals surface area contributed by atoms with Gasteiger partial charge in [0.1, 0.15) is 0 Å². The number of methoxy groups -OCH3 is 1. The average Bonchev–Trinajstić information content (AvgIpc) is 2.81. The Bertz CT molecular complexity index is 553. The van der Waals surface area contributed by atoms with Gasteiger partial charge in [-0.25, -0.2) is 4.79 Å². The van der Waals surface area contributed by atoms with Crippen LogP contribution in [-0.4, -0.2) is 13.1 Å². The van der Waals surface area contributed by atoms with Gasteiger partial charge in [-0.2, -0.15) is 0 Å². The molecule has 0 saturated carbocycles. The molecular formula is C13H12ClNO2S. The lowest BCUT2D eigenvalue weighted by atomic mass is 10.2. The van der Waals surface area contributed by atoms with Crippen molar-refractivity contribution in [2.75, 3.05) is 12.4 Å². The minimum atomic E-state index is -0.335. The van der Waals surface area contributed by atoms with E-state index >= 15 is 0 Å². The summed E-state index contributed by atoms with van der Waals surface area (Å²) in [5, 5.41) is 5.88. The van der Waals surface area contributed by atoms with E-state index in [1.165, 1.54) is 7.11 Å². The maximum absolute atomic E-state index is 11.4. The van der Waals surface area contributed by atoms with Crippen molar-refractivity contribution in [3.63, 3.8) is 0 Å². The zero-order valence-corrected chi connectivity index (χ0v) is 11.3. The Morgan fingerprint density at radius 1 is 1.44 bits per heavy atom. The standard InChI is InChI=1S/C13H12ClNO2S/c1-17-13(16)9-3-2-4-11(5-9)15-7-12-6-10(14)8-18-12/h2-6,8,15H,7H2,1H3. The third kappa shape index (κ3) is 3.24. The summed E-state index contributed by atoms with van der Waals surface area (Å²) in [4.78, 5) is 12.5. The van der Waals surface area contributed by atoms with Gasteiger partial charge in [-0.05, 0) is 24.3 Å². The first kappa shape index (κ1) is 12.9. The summed E-state index contributed by atoms with van der Waals surface area (Å²) in [6, 6.07) is 9.13. The minimum absolute atomic E-state index is 0.335. The van der Waals surface area contributed by atoms with Crippen LogP contribution in [0.25, 0.3) is 0 Å². The molecule has 0 aliphatic rings. The summed E-state index contributed by atoms with van der Waals surface area (Å²) in [6.07, 6.45) is 0. The van der Waals surface area contributed by atoms with Gasteiger partial charge >= 0.3 is 5.97 Å². The average molecular weight is 282 g/mol. The van der Waals surface area contributed by atoms with E-state index in [2.05, 4.69) is 10.1 Å². The smallest absolute Gasteiger partial charge is 0.337 e. The highest BCUT2D eigenvalue weighted by Crippen LogP contribution is 2.20. The van der Waals surface area contributed by atoms with Gasteiger partial charge in [0.2, 0.25) is 0 Å². The number of nitrogens with one attached hydrogen (secondary N) is 1. The molecule has 0 unspecified atom stereocenters. The van der Waals surface area contributed by atoms with E-state index < -0.39 is 0 Å². The molecule has 3 nitrogen and oxygen atoms in total. The Morgan fingerprint density at radius 2 is 2.28 bits per heavy atom. The highest BCUT2D eigenvalue weighted by Gasteiger charge is 2.05. The van der Waals surface area contributed by atoms with Crippen LogP contribution in [0.5, 0.6) is 0 Å². The summed E-state index contributed by atoms with van der Waals surface area (Å²) in [6.45, 7) is 0.683. The molecule has 1 N–H and O–H groups in total.